The van der Waals surface area contributed by atoms with Crippen LogP contribution in [0.2, 0.25) is 0 Å². The van der Waals surface area contributed by atoms with Crippen LogP contribution in [0, 0.1) is 6.92 Å². The summed E-state index contributed by atoms with van der Waals surface area (Å²) in [6.07, 6.45) is 0. The molecule has 0 aliphatic rings. The molecule has 4 aromatic rings. The molecule has 0 fully saturated rings. The molecule has 0 unspecified atom stereocenters. The predicted molar refractivity (Wildman–Crippen MR) is 78.6 cm³/mol. The molecular weight excluding hydrogens is 292 g/mol. The van der Waals surface area contributed by atoms with Gasteiger partial charge in [0.25, 0.3) is 0 Å². The number of H-pyrrole nitrogens is 1. The van der Waals surface area contributed by atoms with Crippen LogP contribution < -0.4 is 0 Å². The molecule has 1 aromatic carbocycles. The van der Waals surface area contributed by atoms with E-state index in [1.54, 1.807) is 11.3 Å². The van der Waals surface area contributed by atoms with Crippen molar-refractivity contribution >= 4 is 34.1 Å². The van der Waals surface area contributed by atoms with Crippen LogP contribution in [0.1, 0.15) is 5.69 Å². The number of nitrogens with one attached hydrogen (secondary N) is 1. The number of thiazole rings is 1. The molecule has 0 spiro atoms. The number of nitrogens with zero attached hydrogens (tertiary/aromatic N) is 5. The minimum absolute atomic E-state index is 0.786. The van der Waals surface area contributed by atoms with E-state index in [9.17, 15) is 0 Å². The fourth-order valence-corrected chi connectivity index (χ4v) is 3.29. The van der Waals surface area contributed by atoms with Gasteiger partial charge in [-0.3, -0.25) is 5.10 Å². The summed E-state index contributed by atoms with van der Waals surface area (Å²) in [6.45, 7) is 1.97. The zero-order chi connectivity index (χ0) is 13.5. The highest BCUT2D eigenvalue weighted by atomic mass is 32.1. The lowest BCUT2D eigenvalue weighted by atomic mass is 10.1. The van der Waals surface area contributed by atoms with Gasteiger partial charge in [-0.1, -0.05) is 11.3 Å². The lowest BCUT2D eigenvalue weighted by molar-refractivity contribution is 0.943. The second-order valence-corrected chi connectivity index (χ2v) is 5.68. The summed E-state index contributed by atoms with van der Waals surface area (Å²) in [5.41, 5.74) is 5.34. The molecule has 0 saturated heterocycles. The Hall–Kier alpha value is -2.19. The Morgan fingerprint density at radius 3 is 2.90 bits per heavy atom. The molecule has 20 heavy (non-hydrogen) atoms. The molecule has 0 atom stereocenters. The molecule has 0 saturated carbocycles. The highest BCUT2D eigenvalue weighted by molar-refractivity contribution is 7.13. The van der Waals surface area contributed by atoms with E-state index in [1.165, 1.54) is 11.7 Å². The Bertz CT molecular complexity index is 890. The van der Waals surface area contributed by atoms with Crippen molar-refractivity contribution in [2.45, 2.75) is 6.92 Å². The Balaban J connectivity index is 1.88. The summed E-state index contributed by atoms with van der Waals surface area (Å²) in [5, 5.41) is 13.9. The normalized spacial score (nSPS) is 11.2. The number of rotatable bonds is 2. The van der Waals surface area contributed by atoms with Crippen LogP contribution >= 0.6 is 23.1 Å². The Kier molecular flexibility index (Phi) is 2.57. The summed E-state index contributed by atoms with van der Waals surface area (Å²) >= 11 is 2.78. The van der Waals surface area contributed by atoms with Crippen molar-refractivity contribution in [3.05, 3.63) is 29.3 Å². The molecule has 4 rings (SSSR count). The van der Waals surface area contributed by atoms with Crippen LogP contribution in [0.5, 0.6) is 0 Å². The average molecular weight is 300 g/mol. The minimum atomic E-state index is 0.786. The van der Waals surface area contributed by atoms with E-state index < -0.39 is 0 Å². The molecule has 0 amide bonds. The number of aromatic nitrogens is 6. The number of benzene rings is 1. The molecule has 0 aliphatic heterocycles. The van der Waals surface area contributed by atoms with E-state index in [-0.39, 0.29) is 0 Å². The maximum Gasteiger partial charge on any atom is 0.143 e. The van der Waals surface area contributed by atoms with Gasteiger partial charge in [-0.15, -0.1) is 16.4 Å². The van der Waals surface area contributed by atoms with Crippen LogP contribution in [-0.2, 0) is 0 Å². The first-order valence-corrected chi connectivity index (χ1v) is 7.48. The van der Waals surface area contributed by atoms with Gasteiger partial charge in [0.1, 0.15) is 27.4 Å². The fraction of sp³-hybridized carbons (Fsp3) is 0.0833. The molecule has 3 aromatic heterocycles. The SMILES string of the molecule is Cc1csc(-c2[nH]nnc2-c2ccc3nsnc3c2)n1. The second-order valence-electron chi connectivity index (χ2n) is 4.30. The zero-order valence-corrected chi connectivity index (χ0v) is 12.0. The van der Waals surface area contributed by atoms with Crippen molar-refractivity contribution in [3.8, 4) is 22.0 Å². The molecule has 0 aliphatic carbocycles. The van der Waals surface area contributed by atoms with Crippen LogP contribution in [0.4, 0.5) is 0 Å². The third-order valence-electron chi connectivity index (χ3n) is 2.91. The van der Waals surface area contributed by atoms with Crippen LogP contribution in [0.15, 0.2) is 23.6 Å². The van der Waals surface area contributed by atoms with Gasteiger partial charge in [-0.2, -0.15) is 8.75 Å². The van der Waals surface area contributed by atoms with E-state index >= 15 is 0 Å². The fourth-order valence-electron chi connectivity index (χ4n) is 1.98. The van der Waals surface area contributed by atoms with Crippen molar-refractivity contribution in [1.82, 2.24) is 29.1 Å². The van der Waals surface area contributed by atoms with E-state index in [0.29, 0.717) is 0 Å². The van der Waals surface area contributed by atoms with Crippen LogP contribution in [-0.4, -0.2) is 29.1 Å². The van der Waals surface area contributed by atoms with Gasteiger partial charge in [0.2, 0.25) is 0 Å². The van der Waals surface area contributed by atoms with Crippen molar-refractivity contribution in [2.24, 2.45) is 0 Å². The number of hydrogen-bond donors (Lipinski definition) is 1. The van der Waals surface area contributed by atoms with Crippen LogP contribution in [0.3, 0.4) is 0 Å². The van der Waals surface area contributed by atoms with E-state index in [1.807, 2.05) is 30.5 Å². The number of aryl methyl sites for hydroxylation is 1. The van der Waals surface area contributed by atoms with Gasteiger partial charge < -0.3 is 0 Å². The van der Waals surface area contributed by atoms with E-state index in [2.05, 4.69) is 29.1 Å². The molecule has 3 heterocycles. The zero-order valence-electron chi connectivity index (χ0n) is 10.4. The quantitative estimate of drug-likeness (QED) is 0.615. The van der Waals surface area contributed by atoms with Crippen molar-refractivity contribution in [1.29, 1.82) is 0 Å². The average Bonchev–Trinajstić information content (AvgIpc) is 3.17. The number of aromatic amines is 1. The Labute approximate surface area is 121 Å². The minimum Gasteiger partial charge on any atom is -0.254 e. The standard InChI is InChI=1S/C12H8N6S2/c1-6-5-19-12(13-6)11-10(14-18-15-11)7-2-3-8-9(4-7)17-20-16-8/h2-5H,1H3,(H,14,15,18). The first-order chi connectivity index (χ1) is 9.81. The summed E-state index contributed by atoms with van der Waals surface area (Å²) in [6, 6.07) is 5.89. The lowest BCUT2D eigenvalue weighted by Crippen LogP contribution is -1.84. The van der Waals surface area contributed by atoms with Gasteiger partial charge in [0.05, 0.1) is 11.7 Å². The summed E-state index contributed by atoms with van der Waals surface area (Å²) in [5.74, 6) is 0. The summed E-state index contributed by atoms with van der Waals surface area (Å²) in [4.78, 5) is 4.47. The van der Waals surface area contributed by atoms with Gasteiger partial charge >= 0.3 is 0 Å². The molecule has 0 radical (unpaired) electrons. The number of fused-ring (bicyclic) bond motifs is 1. The third-order valence-corrected chi connectivity index (χ3v) is 4.44. The van der Waals surface area contributed by atoms with Crippen LogP contribution in [0.25, 0.3) is 33.0 Å². The topological polar surface area (TPSA) is 80.2 Å². The van der Waals surface area contributed by atoms with Crippen molar-refractivity contribution < 1.29 is 0 Å². The van der Waals surface area contributed by atoms with Crippen molar-refractivity contribution in [3.63, 3.8) is 0 Å². The lowest BCUT2D eigenvalue weighted by Gasteiger charge is -1.98. The maximum atomic E-state index is 4.47. The molecule has 0 bridgehead atoms. The second kappa shape index (κ2) is 4.43. The molecular formula is C12H8N6S2. The van der Waals surface area contributed by atoms with Crippen molar-refractivity contribution in [2.75, 3.05) is 0 Å². The van der Waals surface area contributed by atoms with Gasteiger partial charge in [0, 0.05) is 16.6 Å². The Morgan fingerprint density at radius 1 is 1.15 bits per heavy atom. The molecule has 8 heteroatoms. The predicted octanol–water partition coefficient (Wildman–Crippen LogP) is 2.91. The highest BCUT2D eigenvalue weighted by Crippen LogP contribution is 2.31. The number of hydrogen-bond acceptors (Lipinski definition) is 7. The molecule has 6 nitrogen and oxygen atoms in total. The smallest absolute Gasteiger partial charge is 0.143 e. The first kappa shape index (κ1) is 11.6. The van der Waals surface area contributed by atoms with E-state index in [0.717, 1.165) is 38.7 Å². The van der Waals surface area contributed by atoms with E-state index in [4.69, 9.17) is 0 Å². The first-order valence-electron chi connectivity index (χ1n) is 5.87. The largest absolute Gasteiger partial charge is 0.254 e. The van der Waals surface area contributed by atoms with Gasteiger partial charge in [-0.05, 0) is 19.1 Å². The third kappa shape index (κ3) is 1.81. The maximum absolute atomic E-state index is 4.47. The molecule has 1 N–H and O–H groups in total. The monoisotopic (exact) mass is 300 g/mol. The summed E-state index contributed by atoms with van der Waals surface area (Å²) < 4.78 is 8.46. The summed E-state index contributed by atoms with van der Waals surface area (Å²) in [7, 11) is 0. The van der Waals surface area contributed by atoms with Gasteiger partial charge in [-0.25, -0.2) is 4.98 Å². The molecule has 98 valence electrons. The Morgan fingerprint density at radius 2 is 2.05 bits per heavy atom. The highest BCUT2D eigenvalue weighted by Gasteiger charge is 2.15. The van der Waals surface area contributed by atoms with Gasteiger partial charge in [0.15, 0.2) is 0 Å².